The van der Waals surface area contributed by atoms with Gasteiger partial charge in [0.25, 0.3) is 15.9 Å². The summed E-state index contributed by atoms with van der Waals surface area (Å²) in [5, 5.41) is 2.48. The maximum absolute atomic E-state index is 13.7. The number of sulfonamides is 1. The Hall–Kier alpha value is -4.38. The predicted molar refractivity (Wildman–Crippen MR) is 139 cm³/mol. The summed E-state index contributed by atoms with van der Waals surface area (Å²) < 4.78 is 57.4. The topological polar surface area (TPSA) is 111 Å². The van der Waals surface area contributed by atoms with E-state index in [1.165, 1.54) is 61.0 Å². The van der Waals surface area contributed by atoms with E-state index in [0.717, 1.165) is 11.6 Å². The minimum Gasteiger partial charge on any atom is -0.493 e. The number of nitrogens with zero attached hydrogens (tertiary/aromatic N) is 1. The summed E-state index contributed by atoms with van der Waals surface area (Å²) in [7, 11) is -1.32. The van der Waals surface area contributed by atoms with Gasteiger partial charge in [0.05, 0.1) is 19.9 Å². The van der Waals surface area contributed by atoms with Crippen LogP contribution in [-0.4, -0.2) is 47.7 Å². The van der Waals surface area contributed by atoms with E-state index in [2.05, 4.69) is 5.32 Å². The van der Waals surface area contributed by atoms with Crippen molar-refractivity contribution in [2.24, 2.45) is 0 Å². The molecule has 1 amide bonds. The molecule has 38 heavy (non-hydrogen) atoms. The second-order valence-corrected chi connectivity index (χ2v) is 10.0. The van der Waals surface area contributed by atoms with Crippen molar-refractivity contribution in [3.05, 3.63) is 83.7 Å². The van der Waals surface area contributed by atoms with E-state index in [1.807, 2.05) is 12.1 Å². The van der Waals surface area contributed by atoms with Crippen molar-refractivity contribution in [1.82, 2.24) is 0 Å². The lowest BCUT2D eigenvalue weighted by Crippen LogP contribution is -2.29. The number of carbonyl (C=O) groups is 2. The Balaban J connectivity index is 1.51. The van der Waals surface area contributed by atoms with Crippen molar-refractivity contribution >= 4 is 39.4 Å². The summed E-state index contributed by atoms with van der Waals surface area (Å²) in [6.45, 7) is -0.292. The van der Waals surface area contributed by atoms with Gasteiger partial charge in [0.1, 0.15) is 10.7 Å². The first kappa shape index (κ1) is 26.7. The molecule has 0 spiro atoms. The van der Waals surface area contributed by atoms with Gasteiger partial charge in [-0.05, 0) is 66.1 Å². The molecule has 3 aromatic carbocycles. The van der Waals surface area contributed by atoms with Crippen molar-refractivity contribution in [2.75, 3.05) is 37.0 Å². The molecule has 4 rings (SSSR count). The molecular weight excluding hydrogens is 515 g/mol. The summed E-state index contributed by atoms with van der Waals surface area (Å²) in [4.78, 5) is 24.1. The molecule has 0 fully saturated rings. The molecular formula is C27H25FN2O7S. The van der Waals surface area contributed by atoms with Crippen LogP contribution in [0.2, 0.25) is 0 Å². The van der Waals surface area contributed by atoms with Crippen molar-refractivity contribution < 1.29 is 36.6 Å². The quantitative estimate of drug-likeness (QED) is 0.325. The zero-order valence-corrected chi connectivity index (χ0v) is 21.5. The molecule has 1 heterocycles. The number of anilines is 2. The van der Waals surface area contributed by atoms with Crippen LogP contribution in [0.3, 0.4) is 0 Å². The fraction of sp³-hybridized carbons (Fsp3) is 0.185. The van der Waals surface area contributed by atoms with Crippen molar-refractivity contribution in [3.8, 4) is 11.5 Å². The van der Waals surface area contributed by atoms with Crippen LogP contribution in [0.15, 0.2) is 71.6 Å². The first-order valence-corrected chi connectivity index (χ1v) is 12.9. The lowest BCUT2D eigenvalue weighted by molar-refractivity contribution is -0.142. The van der Waals surface area contributed by atoms with Gasteiger partial charge in [0.15, 0.2) is 18.1 Å². The molecule has 0 bridgehead atoms. The molecule has 0 atom stereocenters. The van der Waals surface area contributed by atoms with Gasteiger partial charge < -0.3 is 19.5 Å². The number of benzene rings is 3. The summed E-state index contributed by atoms with van der Waals surface area (Å²) in [6, 6.07) is 15.3. The summed E-state index contributed by atoms with van der Waals surface area (Å²) in [6.07, 6.45) is 2.99. The third-order valence-electron chi connectivity index (χ3n) is 5.77. The second kappa shape index (κ2) is 11.3. The van der Waals surface area contributed by atoms with Crippen molar-refractivity contribution in [1.29, 1.82) is 0 Å². The van der Waals surface area contributed by atoms with E-state index in [9.17, 15) is 22.4 Å². The molecule has 0 unspecified atom stereocenters. The van der Waals surface area contributed by atoms with Crippen LogP contribution in [0.25, 0.3) is 6.08 Å². The van der Waals surface area contributed by atoms with Crippen molar-refractivity contribution in [3.63, 3.8) is 0 Å². The third kappa shape index (κ3) is 5.78. The zero-order valence-electron chi connectivity index (χ0n) is 20.6. The molecule has 0 aromatic heterocycles. The molecule has 0 saturated carbocycles. The van der Waals surface area contributed by atoms with Gasteiger partial charge in [0, 0.05) is 18.3 Å². The molecule has 0 saturated heterocycles. The van der Waals surface area contributed by atoms with E-state index >= 15 is 0 Å². The number of hydrogen-bond donors (Lipinski definition) is 1. The van der Waals surface area contributed by atoms with Crippen LogP contribution in [0, 0.1) is 5.82 Å². The number of para-hydroxylation sites is 1. The Morgan fingerprint density at radius 1 is 1.05 bits per heavy atom. The maximum Gasteiger partial charge on any atom is 0.331 e. The van der Waals surface area contributed by atoms with E-state index < -0.39 is 34.3 Å². The number of amides is 1. The summed E-state index contributed by atoms with van der Waals surface area (Å²) >= 11 is 0. The predicted octanol–water partition coefficient (Wildman–Crippen LogP) is 3.79. The molecule has 1 aliphatic rings. The van der Waals surface area contributed by atoms with Crippen LogP contribution in [0.5, 0.6) is 11.5 Å². The summed E-state index contributed by atoms with van der Waals surface area (Å²) in [5.74, 6) is -1.69. The zero-order chi connectivity index (χ0) is 27.3. The van der Waals surface area contributed by atoms with Crippen LogP contribution >= 0.6 is 0 Å². The first-order chi connectivity index (χ1) is 18.2. The smallest absolute Gasteiger partial charge is 0.331 e. The van der Waals surface area contributed by atoms with Gasteiger partial charge in [-0.1, -0.05) is 18.2 Å². The Labute approximate surface area is 219 Å². The van der Waals surface area contributed by atoms with Gasteiger partial charge in [0.2, 0.25) is 0 Å². The SMILES string of the molecule is COc1cc(C=CC(=O)OCC(=O)Nc2ccc(F)cc2)cc(S(=O)(=O)N2CCc3ccccc32)c1OC. The Morgan fingerprint density at radius 2 is 1.79 bits per heavy atom. The number of nitrogens with one attached hydrogen (secondary N) is 1. The fourth-order valence-corrected chi connectivity index (χ4v) is 5.70. The number of methoxy groups -OCH3 is 2. The minimum atomic E-state index is -4.04. The maximum atomic E-state index is 13.7. The molecule has 11 heteroatoms. The van der Waals surface area contributed by atoms with E-state index in [-0.39, 0.29) is 22.9 Å². The highest BCUT2D eigenvalue weighted by atomic mass is 32.2. The van der Waals surface area contributed by atoms with Crippen LogP contribution in [-0.2, 0) is 30.8 Å². The van der Waals surface area contributed by atoms with Crippen molar-refractivity contribution in [2.45, 2.75) is 11.3 Å². The van der Waals surface area contributed by atoms with Gasteiger partial charge in [-0.3, -0.25) is 9.10 Å². The molecule has 1 N–H and O–H groups in total. The van der Waals surface area contributed by atoms with Gasteiger partial charge >= 0.3 is 5.97 Å². The Kier molecular flexibility index (Phi) is 7.96. The highest BCUT2D eigenvalue weighted by Crippen LogP contribution is 2.40. The number of halogens is 1. The monoisotopic (exact) mass is 540 g/mol. The average Bonchev–Trinajstić information content (AvgIpc) is 3.36. The fourth-order valence-electron chi connectivity index (χ4n) is 3.99. The highest BCUT2D eigenvalue weighted by Gasteiger charge is 2.34. The second-order valence-electron chi connectivity index (χ2n) is 8.21. The Bertz CT molecular complexity index is 1490. The molecule has 3 aromatic rings. The van der Waals surface area contributed by atoms with E-state index in [0.29, 0.717) is 23.4 Å². The van der Waals surface area contributed by atoms with Gasteiger partial charge in [-0.15, -0.1) is 0 Å². The lowest BCUT2D eigenvalue weighted by atomic mass is 10.2. The van der Waals surface area contributed by atoms with Crippen LogP contribution in [0.1, 0.15) is 11.1 Å². The van der Waals surface area contributed by atoms with Crippen LogP contribution < -0.4 is 19.1 Å². The average molecular weight is 541 g/mol. The van der Waals surface area contributed by atoms with E-state index in [4.69, 9.17) is 14.2 Å². The van der Waals surface area contributed by atoms with Gasteiger partial charge in [-0.2, -0.15) is 0 Å². The summed E-state index contributed by atoms with van der Waals surface area (Å²) in [5.41, 5.74) is 2.20. The highest BCUT2D eigenvalue weighted by molar-refractivity contribution is 7.93. The van der Waals surface area contributed by atoms with E-state index in [1.54, 1.807) is 12.1 Å². The number of esters is 1. The number of hydrogen-bond acceptors (Lipinski definition) is 7. The molecule has 198 valence electrons. The minimum absolute atomic E-state index is 0.0362. The number of carbonyl (C=O) groups excluding carboxylic acids is 2. The number of fused-ring (bicyclic) bond motifs is 1. The lowest BCUT2D eigenvalue weighted by Gasteiger charge is -2.22. The Morgan fingerprint density at radius 3 is 2.50 bits per heavy atom. The normalized spacial score (nSPS) is 12.8. The molecule has 9 nitrogen and oxygen atoms in total. The number of rotatable bonds is 9. The van der Waals surface area contributed by atoms with Crippen LogP contribution in [0.4, 0.5) is 15.8 Å². The molecule has 0 radical (unpaired) electrons. The standard InChI is InChI=1S/C27H25FN2O7S/c1-35-23-15-18(7-12-26(32)37-17-25(31)29-21-10-8-20(28)9-11-21)16-24(27(23)36-2)38(33,34)30-14-13-19-5-3-4-6-22(19)30/h3-12,15-16H,13-14,17H2,1-2H3,(H,29,31). The first-order valence-electron chi connectivity index (χ1n) is 11.5. The van der Waals surface area contributed by atoms with Gasteiger partial charge in [-0.25, -0.2) is 17.6 Å². The molecule has 0 aliphatic carbocycles. The number of ether oxygens (including phenoxy) is 3. The largest absolute Gasteiger partial charge is 0.493 e. The third-order valence-corrected chi connectivity index (χ3v) is 7.58. The molecule has 1 aliphatic heterocycles.